The average Bonchev–Trinajstić information content (AvgIpc) is 3.29. The van der Waals surface area contributed by atoms with Crippen LogP contribution in [0.25, 0.3) is 0 Å². The molecule has 0 aliphatic heterocycles. The van der Waals surface area contributed by atoms with E-state index in [1.54, 1.807) is 18.2 Å². The van der Waals surface area contributed by atoms with Gasteiger partial charge in [-0.05, 0) is 31.4 Å². The molecule has 2 aromatic rings. The van der Waals surface area contributed by atoms with Gasteiger partial charge in [0.1, 0.15) is 23.2 Å². The van der Waals surface area contributed by atoms with Crippen molar-refractivity contribution in [1.82, 2.24) is 9.97 Å². The normalized spacial score (nSPS) is 14.0. The molecule has 1 saturated carbocycles. The van der Waals surface area contributed by atoms with Gasteiger partial charge in [-0.2, -0.15) is 4.98 Å². The van der Waals surface area contributed by atoms with Crippen molar-refractivity contribution in [2.45, 2.75) is 32.1 Å². The summed E-state index contributed by atoms with van der Waals surface area (Å²) in [4.78, 5) is 8.95. The molecule has 1 aromatic heterocycles. The summed E-state index contributed by atoms with van der Waals surface area (Å²) >= 11 is 0. The summed E-state index contributed by atoms with van der Waals surface area (Å²) in [5.74, 6) is 2.58. The Kier molecular flexibility index (Phi) is 3.99. The van der Waals surface area contributed by atoms with E-state index < -0.39 is 0 Å². The summed E-state index contributed by atoms with van der Waals surface area (Å²) in [5.41, 5.74) is 0. The van der Waals surface area contributed by atoms with Crippen molar-refractivity contribution in [1.29, 1.82) is 0 Å². The van der Waals surface area contributed by atoms with Crippen LogP contribution in [0.4, 0.5) is 10.2 Å². The van der Waals surface area contributed by atoms with Crippen LogP contribution in [0, 0.1) is 5.82 Å². The molecular weight excluding hydrogens is 269 g/mol. The Morgan fingerprint density at radius 3 is 2.86 bits per heavy atom. The van der Waals surface area contributed by atoms with Gasteiger partial charge in [-0.25, -0.2) is 9.37 Å². The highest BCUT2D eigenvalue weighted by molar-refractivity contribution is 5.41. The predicted molar refractivity (Wildman–Crippen MR) is 79.3 cm³/mol. The third kappa shape index (κ3) is 3.68. The van der Waals surface area contributed by atoms with E-state index in [1.165, 1.54) is 12.1 Å². The summed E-state index contributed by atoms with van der Waals surface area (Å²) in [6.45, 7) is 2.95. The number of aromatic nitrogens is 2. The fraction of sp³-hybridized carbons (Fsp3) is 0.375. The third-order valence-electron chi connectivity index (χ3n) is 3.24. The van der Waals surface area contributed by atoms with Crippen molar-refractivity contribution in [3.05, 3.63) is 42.0 Å². The van der Waals surface area contributed by atoms with Crippen molar-refractivity contribution < 1.29 is 9.13 Å². The van der Waals surface area contributed by atoms with E-state index in [9.17, 15) is 4.39 Å². The number of nitrogens with zero attached hydrogens (tertiary/aromatic N) is 2. The summed E-state index contributed by atoms with van der Waals surface area (Å²) in [7, 11) is 0. The van der Waals surface area contributed by atoms with Crippen molar-refractivity contribution in [2.75, 3.05) is 11.9 Å². The largest absolute Gasteiger partial charge is 0.439 e. The highest BCUT2D eigenvalue weighted by Gasteiger charge is 2.27. The lowest BCUT2D eigenvalue weighted by Crippen LogP contribution is -2.05. The Bertz CT molecular complexity index is 629. The SMILES string of the molecule is CCCNc1cc(Oc2cccc(F)c2)nc(C2CC2)n1. The van der Waals surface area contributed by atoms with Crippen molar-refractivity contribution in [3.63, 3.8) is 0 Å². The molecule has 1 aliphatic rings. The van der Waals surface area contributed by atoms with E-state index in [1.807, 2.05) is 0 Å². The van der Waals surface area contributed by atoms with Crippen LogP contribution in [-0.4, -0.2) is 16.5 Å². The Morgan fingerprint density at radius 1 is 1.29 bits per heavy atom. The van der Waals surface area contributed by atoms with E-state index in [-0.39, 0.29) is 5.82 Å². The molecule has 0 radical (unpaired) electrons. The molecule has 0 atom stereocenters. The van der Waals surface area contributed by atoms with E-state index in [2.05, 4.69) is 22.2 Å². The second-order valence-electron chi connectivity index (χ2n) is 5.21. The molecule has 5 heteroatoms. The Morgan fingerprint density at radius 2 is 2.14 bits per heavy atom. The molecule has 1 aromatic carbocycles. The second-order valence-corrected chi connectivity index (χ2v) is 5.21. The maximum atomic E-state index is 13.2. The molecular formula is C16H18FN3O. The molecule has 4 nitrogen and oxygen atoms in total. The minimum atomic E-state index is -0.326. The van der Waals surface area contributed by atoms with Gasteiger partial charge in [-0.3, -0.25) is 0 Å². The van der Waals surface area contributed by atoms with Gasteiger partial charge in [0.05, 0.1) is 0 Å². The number of benzene rings is 1. The van der Waals surface area contributed by atoms with Crippen LogP contribution in [0.15, 0.2) is 30.3 Å². The van der Waals surface area contributed by atoms with E-state index >= 15 is 0 Å². The molecule has 0 saturated heterocycles. The zero-order valence-corrected chi connectivity index (χ0v) is 12.0. The fourth-order valence-electron chi connectivity index (χ4n) is 2.01. The number of halogens is 1. The molecule has 0 unspecified atom stereocenters. The monoisotopic (exact) mass is 287 g/mol. The predicted octanol–water partition coefficient (Wildman–Crippen LogP) is 4.11. The van der Waals surface area contributed by atoms with Crippen LogP contribution in [0.1, 0.15) is 37.9 Å². The van der Waals surface area contributed by atoms with Crippen LogP contribution >= 0.6 is 0 Å². The standard InChI is InChI=1S/C16H18FN3O/c1-2-8-18-14-10-15(20-16(19-14)11-6-7-11)21-13-5-3-4-12(17)9-13/h3-5,9-11H,2,6-8H2,1H3,(H,18,19,20). The van der Waals surface area contributed by atoms with Crippen LogP contribution in [-0.2, 0) is 0 Å². The summed E-state index contributed by atoms with van der Waals surface area (Å²) in [6.07, 6.45) is 3.26. The zero-order chi connectivity index (χ0) is 14.7. The van der Waals surface area contributed by atoms with Gasteiger partial charge in [-0.15, -0.1) is 0 Å². The first-order chi connectivity index (χ1) is 10.2. The van der Waals surface area contributed by atoms with Gasteiger partial charge in [0.25, 0.3) is 0 Å². The molecule has 0 amide bonds. The molecule has 0 spiro atoms. The number of hydrogen-bond donors (Lipinski definition) is 1. The topological polar surface area (TPSA) is 47.0 Å². The van der Waals surface area contributed by atoms with Gasteiger partial charge in [0, 0.05) is 24.6 Å². The average molecular weight is 287 g/mol. The first-order valence-corrected chi connectivity index (χ1v) is 7.31. The van der Waals surface area contributed by atoms with Crippen molar-refractivity contribution >= 4 is 5.82 Å². The van der Waals surface area contributed by atoms with E-state index in [4.69, 9.17) is 4.74 Å². The molecule has 1 heterocycles. The van der Waals surface area contributed by atoms with Crippen molar-refractivity contribution in [2.24, 2.45) is 0 Å². The lowest BCUT2D eigenvalue weighted by molar-refractivity contribution is 0.454. The zero-order valence-electron chi connectivity index (χ0n) is 12.0. The molecule has 0 bridgehead atoms. The summed E-state index contributed by atoms with van der Waals surface area (Å²) in [6, 6.07) is 7.81. The van der Waals surface area contributed by atoms with Crippen molar-refractivity contribution in [3.8, 4) is 11.6 Å². The summed E-state index contributed by atoms with van der Waals surface area (Å²) < 4.78 is 18.9. The summed E-state index contributed by atoms with van der Waals surface area (Å²) in [5, 5.41) is 3.25. The highest BCUT2D eigenvalue weighted by atomic mass is 19.1. The van der Waals surface area contributed by atoms with E-state index in [0.717, 1.165) is 37.4 Å². The quantitative estimate of drug-likeness (QED) is 0.868. The molecule has 3 rings (SSSR count). The minimum Gasteiger partial charge on any atom is -0.439 e. The van der Waals surface area contributed by atoms with Crippen LogP contribution in [0.3, 0.4) is 0 Å². The third-order valence-corrected chi connectivity index (χ3v) is 3.24. The molecule has 1 N–H and O–H groups in total. The smallest absolute Gasteiger partial charge is 0.224 e. The number of rotatable bonds is 6. The lowest BCUT2D eigenvalue weighted by Gasteiger charge is -2.10. The second kappa shape index (κ2) is 6.08. The molecule has 1 aliphatic carbocycles. The van der Waals surface area contributed by atoms with Crippen LogP contribution in [0.2, 0.25) is 0 Å². The maximum absolute atomic E-state index is 13.2. The van der Waals surface area contributed by atoms with Gasteiger partial charge in [0.15, 0.2) is 0 Å². The van der Waals surface area contributed by atoms with Gasteiger partial charge >= 0.3 is 0 Å². The van der Waals surface area contributed by atoms with E-state index in [0.29, 0.717) is 17.5 Å². The number of ether oxygens (including phenoxy) is 1. The number of anilines is 1. The molecule has 21 heavy (non-hydrogen) atoms. The van der Waals surface area contributed by atoms with Gasteiger partial charge in [0.2, 0.25) is 5.88 Å². The molecule has 1 fully saturated rings. The van der Waals surface area contributed by atoms with Crippen LogP contribution < -0.4 is 10.1 Å². The fourth-order valence-corrected chi connectivity index (χ4v) is 2.01. The first kappa shape index (κ1) is 13.8. The first-order valence-electron chi connectivity index (χ1n) is 7.31. The Hall–Kier alpha value is -2.17. The number of hydrogen-bond acceptors (Lipinski definition) is 4. The Labute approximate surface area is 123 Å². The number of nitrogens with one attached hydrogen (secondary N) is 1. The van der Waals surface area contributed by atoms with Crippen LogP contribution in [0.5, 0.6) is 11.6 Å². The lowest BCUT2D eigenvalue weighted by atomic mass is 10.3. The highest BCUT2D eigenvalue weighted by Crippen LogP contribution is 2.39. The van der Waals surface area contributed by atoms with Gasteiger partial charge in [-0.1, -0.05) is 13.0 Å². The Balaban J connectivity index is 1.84. The minimum absolute atomic E-state index is 0.326. The maximum Gasteiger partial charge on any atom is 0.224 e. The molecule has 110 valence electrons. The van der Waals surface area contributed by atoms with Gasteiger partial charge < -0.3 is 10.1 Å².